The number of methoxy groups -OCH3 is 1. The third-order valence-corrected chi connectivity index (χ3v) is 13.3. The van der Waals surface area contributed by atoms with Gasteiger partial charge in [-0.2, -0.15) is 0 Å². The van der Waals surface area contributed by atoms with Crippen molar-refractivity contribution in [1.82, 2.24) is 25.2 Å². The number of amides is 4. The van der Waals surface area contributed by atoms with Crippen molar-refractivity contribution in [3.05, 3.63) is 79.9 Å². The molecule has 2 saturated carbocycles. The first-order valence-electron chi connectivity index (χ1n) is 19.8. The van der Waals surface area contributed by atoms with Crippen LogP contribution in [-0.4, -0.2) is 89.8 Å². The van der Waals surface area contributed by atoms with Gasteiger partial charge in [-0.3, -0.25) is 19.1 Å². The van der Waals surface area contributed by atoms with Gasteiger partial charge in [-0.05, 0) is 64.0 Å². The minimum absolute atomic E-state index is 0.00128. The minimum Gasteiger partial charge on any atom is -0.497 e. The average molecular weight is 830 g/mol. The first kappa shape index (κ1) is 43.1. The van der Waals surface area contributed by atoms with Crippen molar-refractivity contribution in [2.24, 2.45) is 11.3 Å². The molecular formula is C44H55N5O9S. The van der Waals surface area contributed by atoms with E-state index in [1.165, 1.54) is 17.1 Å². The predicted octanol–water partition coefficient (Wildman–Crippen LogP) is 5.81. The molecule has 0 spiro atoms. The SMILES string of the molecule is C=CCC1(S(=O)(=O)NC(=O)[C@@]2(NC(=O)[C@@H]3C[C@@H](Oc4cc(-c5ccccc5)nc5cc(OC)ccc45)CN3C(=O)[C@@H](NC(=O)OC(C)(C)C)C(C)(C)C)C[C@H]2C=C)CC1. The van der Waals surface area contributed by atoms with E-state index < -0.39 is 79.2 Å². The maximum absolute atomic E-state index is 14.7. The highest BCUT2D eigenvalue weighted by Crippen LogP contribution is 2.49. The van der Waals surface area contributed by atoms with Gasteiger partial charge >= 0.3 is 6.09 Å². The summed E-state index contributed by atoms with van der Waals surface area (Å²) in [6.45, 7) is 17.9. The number of fused-ring (bicyclic) bond motifs is 1. The lowest BCUT2D eigenvalue weighted by Gasteiger charge is -2.36. The van der Waals surface area contributed by atoms with Gasteiger partial charge in [0.15, 0.2) is 0 Å². The van der Waals surface area contributed by atoms with E-state index in [1.54, 1.807) is 60.8 Å². The van der Waals surface area contributed by atoms with Crippen LogP contribution in [0.2, 0.25) is 0 Å². The number of ether oxygens (including phenoxy) is 3. The van der Waals surface area contributed by atoms with Crippen LogP contribution in [0.15, 0.2) is 79.9 Å². The summed E-state index contributed by atoms with van der Waals surface area (Å²) in [4.78, 5) is 62.6. The number of nitrogens with zero attached hydrogens (tertiary/aromatic N) is 2. The average Bonchev–Trinajstić information content (AvgIpc) is 4.07. The number of carbonyl (C=O) groups excluding carboxylic acids is 4. The zero-order valence-electron chi connectivity index (χ0n) is 34.8. The summed E-state index contributed by atoms with van der Waals surface area (Å²) in [7, 11) is -2.55. The van der Waals surface area contributed by atoms with E-state index in [-0.39, 0.29) is 25.8 Å². The molecule has 0 radical (unpaired) electrons. The van der Waals surface area contributed by atoms with Gasteiger partial charge in [-0.15, -0.1) is 13.2 Å². The molecule has 59 heavy (non-hydrogen) atoms. The predicted molar refractivity (Wildman–Crippen MR) is 224 cm³/mol. The van der Waals surface area contributed by atoms with Crippen LogP contribution in [0.5, 0.6) is 11.5 Å². The number of allylic oxidation sites excluding steroid dienone is 1. The van der Waals surface area contributed by atoms with Crippen molar-refractivity contribution in [1.29, 1.82) is 0 Å². The van der Waals surface area contributed by atoms with Crippen LogP contribution in [0.1, 0.15) is 73.6 Å². The molecule has 3 aliphatic rings. The summed E-state index contributed by atoms with van der Waals surface area (Å²) in [6.07, 6.45) is 2.51. The molecule has 316 valence electrons. The molecule has 0 bridgehead atoms. The fraction of sp³-hybridized carbons (Fsp3) is 0.477. The number of aromatic nitrogens is 1. The first-order chi connectivity index (χ1) is 27.7. The molecular weight excluding hydrogens is 775 g/mol. The molecule has 3 aromatic rings. The molecule has 3 fully saturated rings. The monoisotopic (exact) mass is 829 g/mol. The van der Waals surface area contributed by atoms with E-state index in [0.717, 1.165) is 5.56 Å². The third-order valence-electron chi connectivity index (χ3n) is 11.1. The second-order valence-electron chi connectivity index (χ2n) is 17.8. The molecule has 2 aromatic carbocycles. The Morgan fingerprint density at radius 1 is 1.02 bits per heavy atom. The maximum atomic E-state index is 14.7. The number of benzene rings is 2. The van der Waals surface area contributed by atoms with Crippen molar-refractivity contribution < 1.29 is 41.8 Å². The number of nitrogens with one attached hydrogen (secondary N) is 3. The zero-order valence-corrected chi connectivity index (χ0v) is 35.6. The molecule has 1 saturated heterocycles. The van der Waals surface area contributed by atoms with Crippen LogP contribution >= 0.6 is 0 Å². The van der Waals surface area contributed by atoms with E-state index in [1.807, 2.05) is 42.5 Å². The molecule has 2 heterocycles. The normalized spacial score (nSPS) is 22.7. The van der Waals surface area contributed by atoms with Crippen molar-refractivity contribution >= 4 is 44.7 Å². The number of rotatable bonds is 14. The largest absolute Gasteiger partial charge is 0.497 e. The van der Waals surface area contributed by atoms with Crippen LogP contribution in [0.25, 0.3) is 22.2 Å². The second-order valence-corrected chi connectivity index (χ2v) is 19.9. The summed E-state index contributed by atoms with van der Waals surface area (Å²) in [5, 5.41) is 6.24. The van der Waals surface area contributed by atoms with Gasteiger partial charge in [0.25, 0.3) is 5.91 Å². The molecule has 5 atom stereocenters. The molecule has 4 amide bonds. The Bertz CT molecular complexity index is 2260. The van der Waals surface area contributed by atoms with Crippen molar-refractivity contribution in [2.75, 3.05) is 13.7 Å². The second kappa shape index (κ2) is 16.0. The van der Waals surface area contributed by atoms with E-state index >= 15 is 0 Å². The summed E-state index contributed by atoms with van der Waals surface area (Å²) in [5.41, 5.74) is -1.24. The standard InChI is InChI=1S/C44H55N5O9S/c1-10-19-43(20-21-43)59(54,55)48-39(52)44(25-28(44)11-2)47-37(50)34-23-30(26-49(34)38(51)36(41(3,4)5)46-40(53)58-42(6,7)8)57-35-24-32(27-15-13-12-14-16-27)45-33-22-29(56-9)17-18-31(33)35/h10-18,22,24,28,30,34,36H,1-2,19-21,23,25-26H2,3-9H3,(H,46,53)(H,47,50)(H,48,52)/t28-,30-,34+,36-,44-/m1/s1. The highest BCUT2D eigenvalue weighted by molar-refractivity contribution is 7.91. The van der Waals surface area contributed by atoms with Crippen molar-refractivity contribution in [2.45, 2.75) is 108 Å². The lowest BCUT2D eigenvalue weighted by molar-refractivity contribution is -0.143. The molecule has 0 unspecified atom stereocenters. The number of hydrogen-bond acceptors (Lipinski definition) is 10. The highest BCUT2D eigenvalue weighted by atomic mass is 32.2. The zero-order chi connectivity index (χ0) is 43.1. The van der Waals surface area contributed by atoms with Crippen LogP contribution in [0.3, 0.4) is 0 Å². The number of pyridine rings is 1. The molecule has 3 N–H and O–H groups in total. The van der Waals surface area contributed by atoms with Crippen LogP contribution in [0.4, 0.5) is 4.79 Å². The summed E-state index contributed by atoms with van der Waals surface area (Å²) < 4.78 is 45.7. The molecule has 15 heteroatoms. The number of carbonyl (C=O) groups is 4. The maximum Gasteiger partial charge on any atom is 0.408 e. The van der Waals surface area contributed by atoms with Gasteiger partial charge in [0, 0.05) is 35.4 Å². The first-order valence-corrected chi connectivity index (χ1v) is 21.3. The molecule has 1 aromatic heterocycles. The minimum atomic E-state index is -4.11. The highest BCUT2D eigenvalue weighted by Gasteiger charge is 2.63. The Morgan fingerprint density at radius 2 is 1.71 bits per heavy atom. The number of sulfonamides is 1. The number of likely N-dealkylation sites (tertiary alicyclic amines) is 1. The van der Waals surface area contributed by atoms with E-state index in [0.29, 0.717) is 40.9 Å². The number of alkyl carbamates (subject to hydrolysis) is 1. The number of hydrogen-bond donors (Lipinski definition) is 3. The molecule has 6 rings (SSSR count). The van der Waals surface area contributed by atoms with Crippen molar-refractivity contribution in [3.8, 4) is 22.8 Å². The molecule has 1 aliphatic heterocycles. The fourth-order valence-corrected chi connectivity index (χ4v) is 9.22. The van der Waals surface area contributed by atoms with Gasteiger partial charge < -0.3 is 29.7 Å². The van der Waals surface area contributed by atoms with Crippen LogP contribution in [-0.2, 0) is 29.1 Å². The van der Waals surface area contributed by atoms with Gasteiger partial charge in [0.05, 0.1) is 29.6 Å². The molecule has 2 aliphatic carbocycles. The van der Waals surface area contributed by atoms with E-state index in [9.17, 15) is 27.6 Å². The summed E-state index contributed by atoms with van der Waals surface area (Å²) >= 11 is 0. The summed E-state index contributed by atoms with van der Waals surface area (Å²) in [6, 6.07) is 14.4. The molecule has 14 nitrogen and oxygen atoms in total. The quantitative estimate of drug-likeness (QED) is 0.168. The smallest absolute Gasteiger partial charge is 0.408 e. The lowest BCUT2D eigenvalue weighted by Crippen LogP contribution is -2.60. The Hall–Kier alpha value is -5.44. The van der Waals surface area contributed by atoms with Gasteiger partial charge in [0.2, 0.25) is 21.8 Å². The topological polar surface area (TPSA) is 182 Å². The van der Waals surface area contributed by atoms with E-state index in [4.69, 9.17) is 19.2 Å². The Labute approximate surface area is 346 Å². The van der Waals surface area contributed by atoms with Crippen molar-refractivity contribution in [3.63, 3.8) is 0 Å². The van der Waals surface area contributed by atoms with Gasteiger partial charge in [-0.1, -0.05) is 63.3 Å². The Morgan fingerprint density at radius 3 is 2.29 bits per heavy atom. The Kier molecular flexibility index (Phi) is 11.7. The summed E-state index contributed by atoms with van der Waals surface area (Å²) in [5.74, 6) is -1.65. The van der Waals surface area contributed by atoms with Crippen LogP contribution in [0, 0.1) is 11.3 Å². The van der Waals surface area contributed by atoms with Gasteiger partial charge in [-0.25, -0.2) is 18.2 Å². The van der Waals surface area contributed by atoms with Crippen LogP contribution < -0.4 is 24.8 Å². The Balaban J connectivity index is 1.34. The fourth-order valence-electron chi connectivity index (χ4n) is 7.60. The van der Waals surface area contributed by atoms with Gasteiger partial charge in [0.1, 0.15) is 40.8 Å². The lowest BCUT2D eigenvalue weighted by atomic mass is 9.85. The van der Waals surface area contributed by atoms with E-state index in [2.05, 4.69) is 28.5 Å². The third kappa shape index (κ3) is 9.09.